The Kier molecular flexibility index (Phi) is 5.53. The molecule has 2 aromatic heterocycles. The zero-order valence-electron chi connectivity index (χ0n) is 17.6. The molecule has 1 aliphatic heterocycles. The number of pyridine rings is 1. The number of benzene rings is 1. The van der Waals surface area contributed by atoms with Crippen molar-refractivity contribution in [3.8, 4) is 11.4 Å². The molecule has 4 rings (SSSR count). The molecule has 0 spiro atoms. The molecule has 0 saturated carbocycles. The average Bonchev–Trinajstić information content (AvgIpc) is 2.73. The van der Waals surface area contributed by atoms with Crippen molar-refractivity contribution in [2.75, 3.05) is 18.4 Å². The molecule has 0 atom stereocenters. The largest absolute Gasteiger partial charge is 0.444 e. The fourth-order valence-electron chi connectivity index (χ4n) is 3.54. The minimum atomic E-state index is -0.477. The first-order chi connectivity index (χ1) is 14.4. The van der Waals surface area contributed by atoms with Crippen LogP contribution in [0.2, 0.25) is 0 Å². The molecule has 156 valence electrons. The molecule has 1 amide bonds. The van der Waals surface area contributed by atoms with Gasteiger partial charge in [-0.3, -0.25) is 4.98 Å². The van der Waals surface area contributed by atoms with Crippen LogP contribution in [0.1, 0.15) is 33.6 Å². The van der Waals surface area contributed by atoms with Gasteiger partial charge in [-0.05, 0) is 57.9 Å². The number of carbonyl (C=O) groups is 1. The second-order valence-corrected chi connectivity index (χ2v) is 8.53. The molecule has 3 aromatic rings. The lowest BCUT2D eigenvalue weighted by molar-refractivity contribution is 0.0210. The zero-order valence-corrected chi connectivity index (χ0v) is 17.6. The number of carbonyl (C=O) groups excluding carboxylic acids is 1. The van der Waals surface area contributed by atoms with Crippen LogP contribution in [0.25, 0.3) is 22.3 Å². The highest BCUT2D eigenvalue weighted by atomic mass is 16.6. The Morgan fingerprint density at radius 2 is 1.77 bits per heavy atom. The van der Waals surface area contributed by atoms with Crippen LogP contribution in [0.15, 0.2) is 48.8 Å². The Morgan fingerprint density at radius 1 is 1.07 bits per heavy atom. The number of anilines is 1. The molecule has 1 aromatic carbocycles. The van der Waals surface area contributed by atoms with Crippen LogP contribution in [-0.4, -0.2) is 50.7 Å². The van der Waals surface area contributed by atoms with Crippen LogP contribution in [0.3, 0.4) is 0 Å². The molecule has 7 heteroatoms. The number of ether oxygens (including phenoxy) is 1. The molecule has 1 N–H and O–H groups in total. The van der Waals surface area contributed by atoms with Crippen molar-refractivity contribution in [1.29, 1.82) is 0 Å². The number of nitrogens with one attached hydrogen (secondary N) is 1. The van der Waals surface area contributed by atoms with Crippen LogP contribution in [-0.2, 0) is 4.74 Å². The second-order valence-electron chi connectivity index (χ2n) is 8.53. The monoisotopic (exact) mass is 405 g/mol. The third kappa shape index (κ3) is 4.67. The van der Waals surface area contributed by atoms with Gasteiger partial charge in [0.25, 0.3) is 0 Å². The topological polar surface area (TPSA) is 80.2 Å². The number of aromatic nitrogens is 3. The van der Waals surface area contributed by atoms with E-state index in [0.29, 0.717) is 18.9 Å². The van der Waals surface area contributed by atoms with E-state index in [1.165, 1.54) is 0 Å². The summed E-state index contributed by atoms with van der Waals surface area (Å²) in [4.78, 5) is 27.7. The Bertz CT molecular complexity index is 1020. The zero-order chi connectivity index (χ0) is 21.1. The fraction of sp³-hybridized carbons (Fsp3) is 0.391. The summed E-state index contributed by atoms with van der Waals surface area (Å²) in [6.45, 7) is 6.99. The van der Waals surface area contributed by atoms with Crippen molar-refractivity contribution in [1.82, 2.24) is 19.9 Å². The molecule has 1 fully saturated rings. The van der Waals surface area contributed by atoms with Crippen molar-refractivity contribution in [3.05, 3.63) is 48.8 Å². The highest BCUT2D eigenvalue weighted by Gasteiger charge is 2.27. The van der Waals surface area contributed by atoms with Crippen molar-refractivity contribution in [2.45, 2.75) is 45.3 Å². The first-order valence-electron chi connectivity index (χ1n) is 10.3. The molecule has 0 unspecified atom stereocenters. The number of nitrogens with zero attached hydrogens (tertiary/aromatic N) is 4. The van der Waals surface area contributed by atoms with E-state index in [0.717, 1.165) is 35.1 Å². The molecule has 1 saturated heterocycles. The van der Waals surface area contributed by atoms with Gasteiger partial charge < -0.3 is 15.0 Å². The van der Waals surface area contributed by atoms with Gasteiger partial charge in [-0.2, -0.15) is 0 Å². The number of fused-ring (bicyclic) bond motifs is 1. The van der Waals surface area contributed by atoms with Crippen molar-refractivity contribution in [2.24, 2.45) is 0 Å². The molecule has 0 aliphatic carbocycles. The number of hydrogen-bond acceptors (Lipinski definition) is 6. The smallest absolute Gasteiger partial charge is 0.410 e. The fourth-order valence-corrected chi connectivity index (χ4v) is 3.54. The minimum absolute atomic E-state index is 0.229. The number of piperidine rings is 1. The molecule has 0 bridgehead atoms. The van der Waals surface area contributed by atoms with Crippen molar-refractivity contribution < 1.29 is 9.53 Å². The summed E-state index contributed by atoms with van der Waals surface area (Å²) < 4.78 is 5.49. The average molecular weight is 406 g/mol. The van der Waals surface area contributed by atoms with Crippen molar-refractivity contribution >= 4 is 22.8 Å². The Balaban J connectivity index is 1.51. The van der Waals surface area contributed by atoms with Crippen molar-refractivity contribution in [3.63, 3.8) is 0 Å². The predicted molar refractivity (Wildman–Crippen MR) is 117 cm³/mol. The standard InChI is InChI=1S/C23H27N5O2/c1-23(2,3)30-22(29)28-14-10-17(11-15-28)25-21-18-6-4-5-7-19(18)26-20(27-21)16-8-12-24-13-9-16/h4-9,12-13,17H,10-11,14-15H2,1-3H3,(H,25,26,27). The quantitative estimate of drug-likeness (QED) is 0.691. The number of para-hydroxylation sites is 1. The number of amides is 1. The summed E-state index contributed by atoms with van der Waals surface area (Å²) in [7, 11) is 0. The highest BCUT2D eigenvalue weighted by Crippen LogP contribution is 2.27. The SMILES string of the molecule is CC(C)(C)OC(=O)N1CCC(Nc2nc(-c3ccncc3)nc3ccccc23)CC1. The lowest BCUT2D eigenvalue weighted by Gasteiger charge is -2.34. The van der Waals surface area contributed by atoms with Gasteiger partial charge in [0.15, 0.2) is 5.82 Å². The second kappa shape index (κ2) is 8.26. The van der Waals surface area contributed by atoms with E-state index < -0.39 is 5.60 Å². The lowest BCUT2D eigenvalue weighted by Crippen LogP contribution is -2.44. The summed E-state index contributed by atoms with van der Waals surface area (Å²) in [5.41, 5.74) is 1.35. The van der Waals surface area contributed by atoms with E-state index in [1.54, 1.807) is 17.3 Å². The van der Waals surface area contributed by atoms with Crippen LogP contribution in [0, 0.1) is 0 Å². The van der Waals surface area contributed by atoms with Crippen LogP contribution in [0.5, 0.6) is 0 Å². The molecule has 30 heavy (non-hydrogen) atoms. The first kappa shape index (κ1) is 20.1. The molecular weight excluding hydrogens is 378 g/mol. The Morgan fingerprint density at radius 3 is 2.47 bits per heavy atom. The third-order valence-corrected chi connectivity index (χ3v) is 5.03. The van der Waals surface area contributed by atoms with Gasteiger partial charge in [-0.25, -0.2) is 14.8 Å². The number of likely N-dealkylation sites (tertiary alicyclic amines) is 1. The normalized spacial score (nSPS) is 15.2. The summed E-state index contributed by atoms with van der Waals surface area (Å²) in [5.74, 6) is 1.49. The van der Waals surface area contributed by atoms with Gasteiger partial charge in [0, 0.05) is 42.5 Å². The summed E-state index contributed by atoms with van der Waals surface area (Å²) in [5, 5.41) is 4.59. The van der Waals surface area contributed by atoms with E-state index >= 15 is 0 Å². The summed E-state index contributed by atoms with van der Waals surface area (Å²) in [6.07, 6.45) is 4.92. The van der Waals surface area contributed by atoms with Gasteiger partial charge >= 0.3 is 6.09 Å². The summed E-state index contributed by atoms with van der Waals surface area (Å²) >= 11 is 0. The van der Waals surface area contributed by atoms with Crippen LogP contribution >= 0.6 is 0 Å². The molecule has 3 heterocycles. The molecule has 7 nitrogen and oxygen atoms in total. The van der Waals surface area contributed by atoms with E-state index in [4.69, 9.17) is 14.7 Å². The Hall–Kier alpha value is -3.22. The molecule has 1 aliphatic rings. The number of hydrogen-bond donors (Lipinski definition) is 1. The molecular formula is C23H27N5O2. The summed E-state index contributed by atoms with van der Waals surface area (Å²) in [6, 6.07) is 12.1. The minimum Gasteiger partial charge on any atom is -0.444 e. The van der Waals surface area contributed by atoms with Gasteiger partial charge in [0.2, 0.25) is 0 Å². The van der Waals surface area contributed by atoms with Gasteiger partial charge in [0.1, 0.15) is 11.4 Å². The first-order valence-corrected chi connectivity index (χ1v) is 10.3. The van der Waals surface area contributed by atoms with E-state index in [1.807, 2.05) is 57.2 Å². The highest BCUT2D eigenvalue weighted by molar-refractivity contribution is 5.90. The third-order valence-electron chi connectivity index (χ3n) is 5.03. The van der Waals surface area contributed by atoms with E-state index in [-0.39, 0.29) is 12.1 Å². The van der Waals surface area contributed by atoms with Crippen LogP contribution in [0.4, 0.5) is 10.6 Å². The van der Waals surface area contributed by atoms with Gasteiger partial charge in [0.05, 0.1) is 5.52 Å². The van der Waals surface area contributed by atoms with E-state index in [9.17, 15) is 4.79 Å². The maximum atomic E-state index is 12.3. The number of rotatable bonds is 3. The Labute approximate surface area is 176 Å². The maximum Gasteiger partial charge on any atom is 0.410 e. The van der Waals surface area contributed by atoms with Gasteiger partial charge in [-0.1, -0.05) is 12.1 Å². The van der Waals surface area contributed by atoms with Gasteiger partial charge in [-0.15, -0.1) is 0 Å². The van der Waals surface area contributed by atoms with E-state index in [2.05, 4.69) is 10.3 Å². The van der Waals surface area contributed by atoms with Crippen LogP contribution < -0.4 is 5.32 Å². The molecule has 0 radical (unpaired) electrons. The maximum absolute atomic E-state index is 12.3. The lowest BCUT2D eigenvalue weighted by atomic mass is 10.0. The predicted octanol–water partition coefficient (Wildman–Crippen LogP) is 4.50.